The third-order valence-corrected chi connectivity index (χ3v) is 6.06. The molecule has 2 aromatic heterocycles. The predicted octanol–water partition coefficient (Wildman–Crippen LogP) is 4.49. The Balaban J connectivity index is 1.48. The number of benzene rings is 2. The van der Waals surface area contributed by atoms with E-state index >= 15 is 0 Å². The van der Waals surface area contributed by atoms with Crippen LogP contribution in [0.4, 0.5) is 0 Å². The second-order valence-electron chi connectivity index (χ2n) is 6.92. The molecule has 0 saturated carbocycles. The molecule has 0 bridgehead atoms. The normalized spacial score (nSPS) is 11.0. The molecule has 8 heteroatoms. The van der Waals surface area contributed by atoms with Crippen LogP contribution in [-0.2, 0) is 11.3 Å². The molecule has 0 aliphatic carbocycles. The lowest BCUT2D eigenvalue weighted by Crippen LogP contribution is -2.24. The van der Waals surface area contributed by atoms with Crippen LogP contribution in [0.5, 0.6) is 0 Å². The molecule has 0 spiro atoms. The second kappa shape index (κ2) is 8.85. The fourth-order valence-corrected chi connectivity index (χ4v) is 4.17. The minimum atomic E-state index is -0.0894. The van der Waals surface area contributed by atoms with Crippen LogP contribution in [0, 0.1) is 13.8 Å². The molecule has 0 fully saturated rings. The van der Waals surface area contributed by atoms with Gasteiger partial charge in [0.05, 0.1) is 23.0 Å². The van der Waals surface area contributed by atoms with Gasteiger partial charge in [-0.05, 0) is 37.1 Å². The van der Waals surface area contributed by atoms with Gasteiger partial charge in [-0.1, -0.05) is 59.3 Å². The van der Waals surface area contributed by atoms with Gasteiger partial charge in [0.1, 0.15) is 11.4 Å². The van der Waals surface area contributed by atoms with Crippen LogP contribution >= 0.6 is 23.4 Å². The van der Waals surface area contributed by atoms with Crippen LogP contribution in [0.3, 0.4) is 0 Å². The van der Waals surface area contributed by atoms with Crippen molar-refractivity contribution in [2.45, 2.75) is 25.4 Å². The van der Waals surface area contributed by atoms with Crippen molar-refractivity contribution in [3.63, 3.8) is 0 Å². The van der Waals surface area contributed by atoms with E-state index in [0.29, 0.717) is 11.6 Å². The van der Waals surface area contributed by atoms with E-state index in [0.717, 1.165) is 32.9 Å². The molecule has 0 aliphatic heterocycles. The minimum absolute atomic E-state index is 0.0894. The SMILES string of the molecule is Cc1ccc(-n2ncc3c(SCC(=O)NCc4ccccc4Cl)ncnc32)c(C)c1. The predicted molar refractivity (Wildman–Crippen MR) is 120 cm³/mol. The van der Waals surface area contributed by atoms with Crippen molar-refractivity contribution in [2.75, 3.05) is 5.75 Å². The van der Waals surface area contributed by atoms with Gasteiger partial charge in [0.15, 0.2) is 5.65 Å². The topological polar surface area (TPSA) is 72.7 Å². The van der Waals surface area contributed by atoms with E-state index in [2.05, 4.69) is 46.4 Å². The van der Waals surface area contributed by atoms with Crippen molar-refractivity contribution < 1.29 is 4.79 Å². The Bertz CT molecular complexity index is 1220. The number of halogens is 1. The number of carbonyl (C=O) groups excluding carboxylic acids is 1. The number of aryl methyl sites for hydroxylation is 2. The Morgan fingerprint density at radius 1 is 1.17 bits per heavy atom. The fourth-order valence-electron chi connectivity index (χ4n) is 3.18. The van der Waals surface area contributed by atoms with Gasteiger partial charge < -0.3 is 5.32 Å². The van der Waals surface area contributed by atoms with Crippen molar-refractivity contribution in [1.29, 1.82) is 0 Å². The third kappa shape index (κ3) is 4.32. The lowest BCUT2D eigenvalue weighted by Gasteiger charge is -2.08. The van der Waals surface area contributed by atoms with E-state index in [4.69, 9.17) is 11.6 Å². The standard InChI is InChI=1S/C22H20ClN5OS/c1-14-7-8-19(15(2)9-14)28-21-17(11-27-28)22(26-13-25-21)30-12-20(29)24-10-16-5-3-4-6-18(16)23/h3-9,11,13H,10,12H2,1-2H3,(H,24,29). The van der Waals surface area contributed by atoms with Gasteiger partial charge >= 0.3 is 0 Å². The fraction of sp³-hybridized carbons (Fsp3) is 0.182. The van der Waals surface area contributed by atoms with Crippen LogP contribution < -0.4 is 5.32 Å². The van der Waals surface area contributed by atoms with E-state index in [1.807, 2.05) is 35.0 Å². The highest BCUT2D eigenvalue weighted by molar-refractivity contribution is 8.00. The molecule has 1 N–H and O–H groups in total. The highest BCUT2D eigenvalue weighted by atomic mass is 35.5. The average Bonchev–Trinajstić information content (AvgIpc) is 3.16. The molecule has 1 amide bonds. The molecule has 0 aliphatic rings. The first-order chi connectivity index (χ1) is 14.5. The quantitative estimate of drug-likeness (QED) is 0.355. The van der Waals surface area contributed by atoms with E-state index in [-0.39, 0.29) is 11.7 Å². The molecular weight excluding hydrogens is 418 g/mol. The number of nitrogens with one attached hydrogen (secondary N) is 1. The van der Waals surface area contributed by atoms with Crippen molar-refractivity contribution in [3.05, 3.63) is 76.7 Å². The van der Waals surface area contributed by atoms with Crippen LogP contribution in [0.2, 0.25) is 5.02 Å². The molecule has 152 valence electrons. The maximum atomic E-state index is 12.3. The first kappa shape index (κ1) is 20.4. The van der Waals surface area contributed by atoms with Crippen molar-refractivity contribution in [3.8, 4) is 5.69 Å². The molecular formula is C22H20ClN5OS. The largest absolute Gasteiger partial charge is 0.351 e. The summed E-state index contributed by atoms with van der Waals surface area (Å²) in [5.74, 6) is 0.152. The number of thioether (sulfide) groups is 1. The summed E-state index contributed by atoms with van der Waals surface area (Å²) in [6.45, 7) is 4.50. The van der Waals surface area contributed by atoms with E-state index in [1.165, 1.54) is 23.7 Å². The number of nitrogens with zero attached hydrogens (tertiary/aromatic N) is 4. The van der Waals surface area contributed by atoms with Crippen molar-refractivity contribution >= 4 is 40.3 Å². The Hall–Kier alpha value is -2.90. The highest BCUT2D eigenvalue weighted by Crippen LogP contribution is 2.27. The van der Waals surface area contributed by atoms with Gasteiger partial charge in [0, 0.05) is 11.6 Å². The Morgan fingerprint density at radius 2 is 2.00 bits per heavy atom. The minimum Gasteiger partial charge on any atom is -0.351 e. The molecule has 0 atom stereocenters. The Labute approximate surface area is 183 Å². The third-order valence-electron chi connectivity index (χ3n) is 4.68. The van der Waals surface area contributed by atoms with Gasteiger partial charge in [0.25, 0.3) is 0 Å². The summed E-state index contributed by atoms with van der Waals surface area (Å²) >= 11 is 7.50. The lowest BCUT2D eigenvalue weighted by molar-refractivity contribution is -0.118. The molecule has 2 heterocycles. The van der Waals surface area contributed by atoms with Crippen LogP contribution in [0.1, 0.15) is 16.7 Å². The summed E-state index contributed by atoms with van der Waals surface area (Å²) in [5.41, 5.74) is 4.89. The number of aromatic nitrogens is 4. The van der Waals surface area contributed by atoms with Crippen LogP contribution in [-0.4, -0.2) is 31.4 Å². The molecule has 0 radical (unpaired) electrons. The summed E-state index contributed by atoms with van der Waals surface area (Å²) in [6, 6.07) is 13.7. The number of amides is 1. The molecule has 2 aromatic carbocycles. The molecule has 30 heavy (non-hydrogen) atoms. The summed E-state index contributed by atoms with van der Waals surface area (Å²) in [5, 5.41) is 9.60. The first-order valence-electron chi connectivity index (χ1n) is 9.42. The number of rotatable bonds is 6. The molecule has 4 rings (SSSR count). The average molecular weight is 438 g/mol. The summed E-state index contributed by atoms with van der Waals surface area (Å²) < 4.78 is 1.81. The number of hydrogen-bond donors (Lipinski definition) is 1. The van der Waals surface area contributed by atoms with Gasteiger partial charge in [0.2, 0.25) is 5.91 Å². The van der Waals surface area contributed by atoms with Gasteiger partial charge in [-0.3, -0.25) is 4.79 Å². The van der Waals surface area contributed by atoms with Gasteiger partial charge in [-0.2, -0.15) is 5.10 Å². The summed E-state index contributed by atoms with van der Waals surface area (Å²) in [7, 11) is 0. The van der Waals surface area contributed by atoms with Crippen LogP contribution in [0.25, 0.3) is 16.7 Å². The van der Waals surface area contributed by atoms with E-state index < -0.39 is 0 Å². The highest BCUT2D eigenvalue weighted by Gasteiger charge is 2.14. The number of hydrogen-bond acceptors (Lipinski definition) is 5. The zero-order valence-electron chi connectivity index (χ0n) is 16.6. The molecule has 4 aromatic rings. The number of carbonyl (C=O) groups is 1. The van der Waals surface area contributed by atoms with Crippen molar-refractivity contribution in [2.24, 2.45) is 0 Å². The van der Waals surface area contributed by atoms with Crippen molar-refractivity contribution in [1.82, 2.24) is 25.1 Å². The second-order valence-corrected chi connectivity index (χ2v) is 8.29. The number of fused-ring (bicyclic) bond motifs is 1. The Kier molecular flexibility index (Phi) is 6.01. The zero-order chi connectivity index (χ0) is 21.1. The first-order valence-corrected chi connectivity index (χ1v) is 10.8. The maximum Gasteiger partial charge on any atom is 0.230 e. The molecule has 6 nitrogen and oxygen atoms in total. The summed E-state index contributed by atoms with van der Waals surface area (Å²) in [4.78, 5) is 21.1. The molecule has 0 saturated heterocycles. The van der Waals surface area contributed by atoms with Gasteiger partial charge in [-0.15, -0.1) is 0 Å². The monoisotopic (exact) mass is 437 g/mol. The van der Waals surface area contributed by atoms with Crippen LogP contribution in [0.15, 0.2) is 60.0 Å². The zero-order valence-corrected chi connectivity index (χ0v) is 18.2. The van der Waals surface area contributed by atoms with E-state index in [9.17, 15) is 4.79 Å². The Morgan fingerprint density at radius 3 is 2.80 bits per heavy atom. The lowest BCUT2D eigenvalue weighted by atomic mass is 10.1. The maximum absolute atomic E-state index is 12.3. The van der Waals surface area contributed by atoms with Gasteiger partial charge in [-0.25, -0.2) is 14.6 Å². The van der Waals surface area contributed by atoms with E-state index in [1.54, 1.807) is 6.20 Å². The molecule has 0 unspecified atom stereocenters. The summed E-state index contributed by atoms with van der Waals surface area (Å²) in [6.07, 6.45) is 3.26. The smallest absolute Gasteiger partial charge is 0.230 e.